The molecule has 1 unspecified atom stereocenters. The first-order chi connectivity index (χ1) is 19.5. The fourth-order valence-corrected chi connectivity index (χ4v) is 5.89. The van der Waals surface area contributed by atoms with Crippen molar-refractivity contribution in [3.05, 3.63) is 119 Å². The molecule has 1 saturated heterocycles. The monoisotopic (exact) mass is 553 g/mol. The number of allylic oxidation sites excluding steroid dienone is 1. The van der Waals surface area contributed by atoms with Crippen molar-refractivity contribution in [3.8, 4) is 16.9 Å². The molecule has 3 aromatic carbocycles. The van der Waals surface area contributed by atoms with E-state index in [0.29, 0.717) is 48.6 Å². The maximum Gasteiger partial charge on any atom is 0.256 e. The van der Waals surface area contributed by atoms with E-state index < -0.39 is 0 Å². The Labute approximate surface area is 237 Å². The number of carbonyl (C=O) groups is 2. The minimum absolute atomic E-state index is 0.0410. The first-order valence-corrected chi connectivity index (χ1v) is 13.6. The van der Waals surface area contributed by atoms with Crippen molar-refractivity contribution in [1.82, 2.24) is 10.2 Å². The van der Waals surface area contributed by atoms with Crippen LogP contribution in [0, 0.1) is 5.92 Å². The summed E-state index contributed by atoms with van der Waals surface area (Å²) in [4.78, 5) is 29.4. The van der Waals surface area contributed by atoms with Crippen LogP contribution in [0.3, 0.4) is 0 Å². The molecule has 202 valence electrons. The van der Waals surface area contributed by atoms with Gasteiger partial charge >= 0.3 is 0 Å². The third-order valence-corrected chi connectivity index (χ3v) is 7.83. The van der Waals surface area contributed by atoms with Gasteiger partial charge in [-0.3, -0.25) is 9.59 Å². The molecule has 1 fully saturated rings. The van der Waals surface area contributed by atoms with Crippen LogP contribution in [0.5, 0.6) is 5.75 Å². The molecule has 2 atom stereocenters. The van der Waals surface area contributed by atoms with E-state index in [4.69, 9.17) is 16.3 Å². The zero-order valence-electron chi connectivity index (χ0n) is 21.6. The predicted molar refractivity (Wildman–Crippen MR) is 155 cm³/mol. The number of Topliss-reactive ketones (excluding diaryl/α,β-unsaturated/α-hetero) is 1. The molecule has 2 aliphatic heterocycles. The van der Waals surface area contributed by atoms with Gasteiger partial charge in [-0.2, -0.15) is 0 Å². The Balaban J connectivity index is 1.24. The van der Waals surface area contributed by atoms with Crippen molar-refractivity contribution in [2.75, 3.05) is 25.1 Å². The normalized spacial score (nSPS) is 19.8. The van der Waals surface area contributed by atoms with Gasteiger partial charge < -0.3 is 25.4 Å². The van der Waals surface area contributed by atoms with E-state index in [1.807, 2.05) is 48.8 Å². The van der Waals surface area contributed by atoms with Crippen LogP contribution in [0.2, 0.25) is 5.02 Å². The van der Waals surface area contributed by atoms with Gasteiger partial charge in [-0.15, -0.1) is 0 Å². The molecular formula is C32H28ClN3O4. The molecule has 0 bridgehead atoms. The number of benzene rings is 3. The van der Waals surface area contributed by atoms with Gasteiger partial charge in [0.1, 0.15) is 5.75 Å². The van der Waals surface area contributed by atoms with Gasteiger partial charge in [0.05, 0.1) is 35.9 Å². The van der Waals surface area contributed by atoms with Crippen LogP contribution in [0.15, 0.2) is 103 Å². The molecule has 1 amide bonds. The maximum atomic E-state index is 13.9. The van der Waals surface area contributed by atoms with Gasteiger partial charge in [0.2, 0.25) is 0 Å². The van der Waals surface area contributed by atoms with Crippen molar-refractivity contribution in [1.29, 1.82) is 0 Å². The third kappa shape index (κ3) is 5.01. The van der Waals surface area contributed by atoms with Gasteiger partial charge in [-0.25, -0.2) is 0 Å². The molecule has 0 aromatic heterocycles. The molecule has 3 aromatic rings. The number of nitrogens with zero attached hydrogens (tertiary/aromatic N) is 1. The Morgan fingerprint density at radius 2 is 1.85 bits per heavy atom. The number of phenols is 1. The number of hydrogen-bond donors (Lipinski definition) is 3. The Morgan fingerprint density at radius 1 is 1.02 bits per heavy atom. The number of nitrogens with one attached hydrogen (secondary N) is 2. The number of amides is 1. The lowest BCUT2D eigenvalue weighted by Gasteiger charge is -2.42. The summed E-state index contributed by atoms with van der Waals surface area (Å²) in [6, 6.07) is 18.9. The highest BCUT2D eigenvalue weighted by Gasteiger charge is 2.39. The quantitative estimate of drug-likeness (QED) is 0.348. The van der Waals surface area contributed by atoms with Crippen LogP contribution in [-0.2, 0) is 4.74 Å². The third-order valence-electron chi connectivity index (χ3n) is 7.52. The largest absolute Gasteiger partial charge is 0.508 e. The second-order valence-electron chi connectivity index (χ2n) is 9.99. The number of phenolic OH excluding ortho intramolecular Hbond substituents is 1. The molecule has 3 aliphatic rings. The number of halogens is 1. The summed E-state index contributed by atoms with van der Waals surface area (Å²) in [5, 5.41) is 16.4. The highest BCUT2D eigenvalue weighted by molar-refractivity contribution is 6.34. The fraction of sp³-hybridized carbons (Fsp3) is 0.188. The van der Waals surface area contributed by atoms with Crippen LogP contribution in [0.25, 0.3) is 11.1 Å². The zero-order valence-corrected chi connectivity index (χ0v) is 22.4. The molecule has 8 heteroatoms. The molecule has 0 saturated carbocycles. The number of anilines is 1. The summed E-state index contributed by atoms with van der Waals surface area (Å²) in [5.74, 6) is -0.637. The summed E-state index contributed by atoms with van der Waals surface area (Å²) in [6.45, 7) is 1.80. The van der Waals surface area contributed by atoms with Crippen molar-refractivity contribution in [2.45, 2.75) is 12.5 Å². The smallest absolute Gasteiger partial charge is 0.256 e. The second-order valence-corrected chi connectivity index (χ2v) is 10.4. The summed E-state index contributed by atoms with van der Waals surface area (Å²) >= 11 is 6.67. The number of ether oxygens (including phenoxy) is 1. The van der Waals surface area contributed by atoms with Crippen LogP contribution in [0.1, 0.15) is 27.1 Å². The van der Waals surface area contributed by atoms with Crippen molar-refractivity contribution in [3.63, 3.8) is 0 Å². The molecule has 6 rings (SSSR count). The summed E-state index contributed by atoms with van der Waals surface area (Å²) in [6.07, 6.45) is 8.58. The average Bonchev–Trinajstić information content (AvgIpc) is 3.17. The number of carbonyl (C=O) groups excluding carboxylic acids is 2. The van der Waals surface area contributed by atoms with E-state index in [0.717, 1.165) is 16.8 Å². The Hall–Kier alpha value is -4.33. The number of ketones is 1. The molecule has 0 radical (unpaired) electrons. The number of morpholine rings is 1. The fourth-order valence-electron chi connectivity index (χ4n) is 5.61. The molecule has 3 N–H and O–H groups in total. The summed E-state index contributed by atoms with van der Waals surface area (Å²) in [5.41, 5.74) is 4.78. The minimum atomic E-state index is -0.348. The van der Waals surface area contributed by atoms with E-state index in [9.17, 15) is 14.7 Å². The molecular weight excluding hydrogens is 526 g/mol. The van der Waals surface area contributed by atoms with E-state index in [2.05, 4.69) is 21.6 Å². The summed E-state index contributed by atoms with van der Waals surface area (Å²) < 4.78 is 5.64. The van der Waals surface area contributed by atoms with Crippen molar-refractivity contribution >= 4 is 29.0 Å². The van der Waals surface area contributed by atoms with E-state index in [1.165, 1.54) is 6.07 Å². The van der Waals surface area contributed by atoms with Crippen LogP contribution < -0.4 is 10.6 Å². The van der Waals surface area contributed by atoms with Gasteiger partial charge in [0.25, 0.3) is 5.91 Å². The number of rotatable bonds is 5. The highest BCUT2D eigenvalue weighted by Crippen LogP contribution is 2.36. The van der Waals surface area contributed by atoms with Gasteiger partial charge in [-0.05, 0) is 59.5 Å². The number of aromatic hydroxyl groups is 1. The van der Waals surface area contributed by atoms with Crippen molar-refractivity contribution < 1.29 is 19.4 Å². The molecule has 7 nitrogen and oxygen atoms in total. The van der Waals surface area contributed by atoms with Crippen LogP contribution >= 0.6 is 11.6 Å². The standard InChI is InChI=1S/C32H28ClN3O4/c33-29-15-22(35-32(39)25-12-10-24(37)16-28(25)20-5-2-1-3-6-20)9-11-26(29)31(38)27-8-4-7-21-17-34-18-23-19-40-14-13-36(23)30(21)27/h1-7,9-12,15-18,27,30,34,37H,8,13-14,19H2,(H,35,39)/t27?,30-/m1/s1. The van der Waals surface area contributed by atoms with E-state index >= 15 is 0 Å². The topological polar surface area (TPSA) is 90.9 Å². The lowest BCUT2D eigenvalue weighted by molar-refractivity contribution is 0.0455. The predicted octanol–water partition coefficient (Wildman–Crippen LogP) is 5.75. The van der Waals surface area contributed by atoms with E-state index in [-0.39, 0.29) is 34.4 Å². The SMILES string of the molecule is O=C(Nc1ccc(C(=O)C2CC=CC3=CNC=C4COCCN4[C@H]32)c(Cl)c1)c1ccc(O)cc1-c1ccccc1. The Bertz CT molecular complexity index is 1560. The number of fused-ring (bicyclic) bond motifs is 3. The Morgan fingerprint density at radius 3 is 2.67 bits per heavy atom. The Kier molecular flexibility index (Phi) is 7.15. The minimum Gasteiger partial charge on any atom is -0.508 e. The number of hydrogen-bond acceptors (Lipinski definition) is 6. The molecule has 0 spiro atoms. The van der Waals surface area contributed by atoms with Gasteiger partial charge in [-0.1, -0.05) is 54.1 Å². The first kappa shape index (κ1) is 25.9. The maximum absolute atomic E-state index is 13.9. The lowest BCUT2D eigenvalue weighted by atomic mass is 9.79. The zero-order chi connectivity index (χ0) is 27.6. The second kappa shape index (κ2) is 11.0. The van der Waals surface area contributed by atoms with Crippen molar-refractivity contribution in [2.24, 2.45) is 5.92 Å². The molecule has 1 aliphatic carbocycles. The first-order valence-electron chi connectivity index (χ1n) is 13.2. The van der Waals surface area contributed by atoms with Gasteiger partial charge in [0.15, 0.2) is 5.78 Å². The van der Waals surface area contributed by atoms with E-state index in [1.54, 1.807) is 30.3 Å². The molecule has 40 heavy (non-hydrogen) atoms. The highest BCUT2D eigenvalue weighted by atomic mass is 35.5. The summed E-state index contributed by atoms with van der Waals surface area (Å²) in [7, 11) is 0. The lowest BCUT2D eigenvalue weighted by Crippen LogP contribution is -2.48. The average molecular weight is 554 g/mol. The molecule has 2 heterocycles. The van der Waals surface area contributed by atoms with Crippen LogP contribution in [0.4, 0.5) is 5.69 Å². The van der Waals surface area contributed by atoms with Crippen LogP contribution in [-0.4, -0.2) is 47.5 Å². The van der Waals surface area contributed by atoms with Gasteiger partial charge in [0, 0.05) is 35.8 Å².